The number of hydrogen-bond donors (Lipinski definition) is 0. The second-order valence-corrected chi connectivity index (χ2v) is 3.04. The molecule has 0 N–H and O–H groups in total. The third-order valence-corrected chi connectivity index (χ3v) is 2.20. The highest BCUT2D eigenvalue weighted by Crippen LogP contribution is 2.10. The van der Waals surface area contributed by atoms with Crippen molar-refractivity contribution in [1.29, 1.82) is 0 Å². The molecule has 1 aromatic carbocycles. The maximum atomic E-state index is 8.05. The molecule has 0 saturated heterocycles. The van der Waals surface area contributed by atoms with E-state index in [0.29, 0.717) is 0 Å². The maximum absolute atomic E-state index is 8.05. The Bertz CT molecular complexity index is 411. The average molecular weight is 250 g/mol. The third kappa shape index (κ3) is 3.14. The Kier molecular flexibility index (Phi) is 4.63. The summed E-state index contributed by atoms with van der Waals surface area (Å²) in [5.74, 6) is 5.74. The zero-order valence-corrected chi connectivity index (χ0v) is 9.03. The van der Waals surface area contributed by atoms with E-state index in [4.69, 9.17) is 5.53 Å². The molecule has 14 heavy (non-hydrogen) atoms. The molecule has 0 bridgehead atoms. The largest absolute Gasteiger partial charge is 0.0919 e. The quantitative estimate of drug-likeness (QED) is 0.254. The highest BCUT2D eigenvalue weighted by Gasteiger charge is 1.94. The predicted molar refractivity (Wildman–Crippen MR) is 60.0 cm³/mol. The first kappa shape index (κ1) is 10.6. The average Bonchev–Trinajstić information content (AvgIpc) is 2.25. The maximum Gasteiger partial charge on any atom is 0.0880 e. The van der Waals surface area contributed by atoms with Crippen LogP contribution in [0.15, 0.2) is 29.4 Å². The van der Waals surface area contributed by atoms with Crippen molar-refractivity contribution in [2.45, 2.75) is 5.33 Å². The lowest BCUT2D eigenvalue weighted by Crippen LogP contribution is -1.84. The number of halogens is 1. The summed E-state index contributed by atoms with van der Waals surface area (Å²) in [6.07, 6.45) is 0. The molecular weight excluding hydrogens is 242 g/mol. The summed E-state index contributed by atoms with van der Waals surface area (Å²) in [6.45, 7) is 0.215. The molecule has 0 unspecified atom stereocenters. The van der Waals surface area contributed by atoms with E-state index in [1.165, 1.54) is 0 Å². The Morgan fingerprint density at radius 3 is 2.93 bits per heavy atom. The molecule has 0 spiro atoms. The van der Waals surface area contributed by atoms with Gasteiger partial charge in [-0.15, -0.1) is 0 Å². The second-order valence-electron chi connectivity index (χ2n) is 2.48. The molecule has 0 amide bonds. The number of hydrogen-bond acceptors (Lipinski definition) is 1. The van der Waals surface area contributed by atoms with Gasteiger partial charge in [-0.05, 0) is 17.2 Å². The van der Waals surface area contributed by atoms with Crippen LogP contribution in [0, 0.1) is 11.8 Å². The number of azide groups is 1. The van der Waals surface area contributed by atoms with E-state index < -0.39 is 0 Å². The first-order valence-electron chi connectivity index (χ1n) is 4.02. The van der Waals surface area contributed by atoms with Crippen molar-refractivity contribution in [3.05, 3.63) is 45.8 Å². The Hall–Kier alpha value is -1.43. The van der Waals surface area contributed by atoms with Gasteiger partial charge in [0.15, 0.2) is 0 Å². The van der Waals surface area contributed by atoms with Crippen molar-refractivity contribution in [2.75, 3.05) is 6.54 Å². The van der Waals surface area contributed by atoms with Crippen LogP contribution in [0.4, 0.5) is 0 Å². The molecule has 3 nitrogen and oxygen atoms in total. The topological polar surface area (TPSA) is 48.8 Å². The van der Waals surface area contributed by atoms with E-state index in [0.717, 1.165) is 16.5 Å². The zero-order chi connectivity index (χ0) is 10.2. The minimum atomic E-state index is 0.215. The fourth-order valence-corrected chi connectivity index (χ4v) is 1.45. The van der Waals surface area contributed by atoms with Gasteiger partial charge in [0.25, 0.3) is 0 Å². The van der Waals surface area contributed by atoms with E-state index in [2.05, 4.69) is 37.8 Å². The van der Waals surface area contributed by atoms with Crippen molar-refractivity contribution in [3.63, 3.8) is 0 Å². The van der Waals surface area contributed by atoms with Gasteiger partial charge in [-0.2, -0.15) is 0 Å². The first-order valence-corrected chi connectivity index (χ1v) is 5.14. The van der Waals surface area contributed by atoms with E-state index in [-0.39, 0.29) is 6.54 Å². The van der Waals surface area contributed by atoms with Crippen molar-refractivity contribution >= 4 is 15.9 Å². The summed E-state index contributed by atoms with van der Waals surface area (Å²) in [7, 11) is 0. The van der Waals surface area contributed by atoms with Crippen LogP contribution in [-0.4, -0.2) is 6.54 Å². The summed E-state index contributed by atoms with van der Waals surface area (Å²) in [4.78, 5) is 2.62. The van der Waals surface area contributed by atoms with E-state index in [1.807, 2.05) is 24.3 Å². The predicted octanol–water partition coefficient (Wildman–Crippen LogP) is 3.24. The summed E-state index contributed by atoms with van der Waals surface area (Å²) in [5.41, 5.74) is 10.2. The van der Waals surface area contributed by atoms with Crippen molar-refractivity contribution < 1.29 is 0 Å². The number of nitrogens with zero attached hydrogens (tertiary/aromatic N) is 3. The molecule has 70 valence electrons. The molecule has 0 saturated carbocycles. The Labute approximate surface area is 90.9 Å². The SMILES string of the molecule is [N-]=[N+]=NCC#Cc1ccccc1CBr. The molecule has 1 aromatic rings. The standard InChI is InChI=1S/C10H8BrN3/c11-8-10-5-2-1-4-9(10)6-3-7-13-14-12/h1-2,4-5H,7-8H2. The van der Waals surface area contributed by atoms with Crippen LogP contribution >= 0.6 is 15.9 Å². The van der Waals surface area contributed by atoms with Gasteiger partial charge >= 0.3 is 0 Å². The zero-order valence-electron chi connectivity index (χ0n) is 7.44. The summed E-state index contributed by atoms with van der Waals surface area (Å²) < 4.78 is 0. The molecule has 0 aliphatic carbocycles. The molecule has 0 radical (unpaired) electrons. The van der Waals surface area contributed by atoms with Gasteiger partial charge in [0.2, 0.25) is 0 Å². The van der Waals surface area contributed by atoms with Crippen molar-refractivity contribution in [1.82, 2.24) is 0 Å². The second kappa shape index (κ2) is 6.09. The van der Waals surface area contributed by atoms with Crippen molar-refractivity contribution in [2.24, 2.45) is 5.11 Å². The van der Waals surface area contributed by atoms with Gasteiger partial charge in [0.05, 0.1) is 6.54 Å². The molecule has 4 heteroatoms. The summed E-state index contributed by atoms with van der Waals surface area (Å²) in [5, 5.41) is 4.11. The monoisotopic (exact) mass is 249 g/mol. The Balaban J connectivity index is 2.82. The Morgan fingerprint density at radius 1 is 1.43 bits per heavy atom. The number of benzene rings is 1. The first-order chi connectivity index (χ1) is 6.88. The van der Waals surface area contributed by atoms with Crippen LogP contribution in [0.1, 0.15) is 11.1 Å². The lowest BCUT2D eigenvalue weighted by molar-refractivity contribution is 1.25. The van der Waals surface area contributed by atoms with Crippen LogP contribution in [0.3, 0.4) is 0 Å². The lowest BCUT2D eigenvalue weighted by Gasteiger charge is -1.97. The van der Waals surface area contributed by atoms with Crippen LogP contribution in [0.5, 0.6) is 0 Å². The highest BCUT2D eigenvalue weighted by atomic mass is 79.9. The molecule has 1 rings (SSSR count). The lowest BCUT2D eigenvalue weighted by atomic mass is 10.1. The van der Waals surface area contributed by atoms with Gasteiger partial charge in [-0.3, -0.25) is 0 Å². The van der Waals surface area contributed by atoms with E-state index in [9.17, 15) is 0 Å². The van der Waals surface area contributed by atoms with Crippen LogP contribution in [-0.2, 0) is 5.33 Å². The van der Waals surface area contributed by atoms with Crippen molar-refractivity contribution in [3.8, 4) is 11.8 Å². The molecule has 0 aliphatic heterocycles. The van der Waals surface area contributed by atoms with E-state index in [1.54, 1.807) is 0 Å². The molecule has 0 aliphatic rings. The summed E-state index contributed by atoms with van der Waals surface area (Å²) in [6, 6.07) is 7.85. The molecule has 0 aromatic heterocycles. The number of rotatable bonds is 2. The minimum Gasteiger partial charge on any atom is -0.0919 e. The van der Waals surface area contributed by atoms with Gasteiger partial charge in [0, 0.05) is 15.8 Å². The summed E-state index contributed by atoms with van der Waals surface area (Å²) >= 11 is 3.38. The van der Waals surface area contributed by atoms with Crippen LogP contribution in [0.25, 0.3) is 10.4 Å². The fourth-order valence-electron chi connectivity index (χ4n) is 0.961. The van der Waals surface area contributed by atoms with Crippen LogP contribution in [0.2, 0.25) is 0 Å². The van der Waals surface area contributed by atoms with Gasteiger partial charge in [0.1, 0.15) is 0 Å². The fraction of sp³-hybridized carbons (Fsp3) is 0.200. The molecular formula is C10H8BrN3. The third-order valence-electron chi connectivity index (χ3n) is 1.60. The molecule has 0 fully saturated rings. The number of alkyl halides is 1. The van der Waals surface area contributed by atoms with Gasteiger partial charge in [-0.25, -0.2) is 0 Å². The minimum absolute atomic E-state index is 0.215. The highest BCUT2D eigenvalue weighted by molar-refractivity contribution is 9.08. The van der Waals surface area contributed by atoms with Crippen LogP contribution < -0.4 is 0 Å². The van der Waals surface area contributed by atoms with Gasteiger partial charge < -0.3 is 0 Å². The molecule has 0 heterocycles. The Morgan fingerprint density at radius 2 is 2.21 bits per heavy atom. The normalized spacial score (nSPS) is 8.36. The van der Waals surface area contributed by atoms with Gasteiger partial charge in [-0.1, -0.05) is 51.1 Å². The molecule has 0 atom stereocenters. The smallest absolute Gasteiger partial charge is 0.0880 e. The van der Waals surface area contributed by atoms with E-state index >= 15 is 0 Å².